The lowest BCUT2D eigenvalue weighted by Gasteiger charge is -2.08. The fraction of sp³-hybridized carbons (Fsp3) is 0.286. The number of allylic oxidation sites excluding steroid dienone is 1. The normalized spacial score (nSPS) is 9.79. The van der Waals surface area contributed by atoms with Crippen LogP contribution in [0.25, 0.3) is 0 Å². The number of nitrogens with one attached hydrogen (secondary N) is 1. The summed E-state index contributed by atoms with van der Waals surface area (Å²) in [6, 6.07) is 4.91. The molecule has 0 radical (unpaired) electrons. The lowest BCUT2D eigenvalue weighted by molar-refractivity contribution is -0.116. The summed E-state index contributed by atoms with van der Waals surface area (Å²) < 4.78 is 5.54. The standard InChI is InChI=1S/C14H16BrNO3/c1-3-5-6-13(17)16-12-8-7-10(9-11(12)15)14(18)19-4-2/h3,7-9H,1,4-6H2,2H3,(H,16,17). The van der Waals surface area contributed by atoms with Crippen molar-refractivity contribution >= 4 is 33.5 Å². The zero-order chi connectivity index (χ0) is 14.3. The summed E-state index contributed by atoms with van der Waals surface area (Å²) in [5, 5.41) is 2.76. The predicted octanol–water partition coefficient (Wildman–Crippen LogP) is 3.53. The Morgan fingerprint density at radius 2 is 2.21 bits per heavy atom. The highest BCUT2D eigenvalue weighted by Crippen LogP contribution is 2.24. The van der Waals surface area contributed by atoms with Crippen LogP contribution in [0.4, 0.5) is 5.69 Å². The van der Waals surface area contributed by atoms with Crippen molar-refractivity contribution in [1.29, 1.82) is 0 Å². The van der Waals surface area contributed by atoms with Crippen LogP contribution in [0.5, 0.6) is 0 Å². The second-order valence-electron chi connectivity index (χ2n) is 3.79. The van der Waals surface area contributed by atoms with E-state index in [1.807, 2.05) is 0 Å². The molecule has 0 aliphatic carbocycles. The number of amides is 1. The van der Waals surface area contributed by atoms with Gasteiger partial charge in [-0.3, -0.25) is 4.79 Å². The molecule has 1 aromatic rings. The van der Waals surface area contributed by atoms with Crippen LogP contribution in [0.15, 0.2) is 35.3 Å². The summed E-state index contributed by atoms with van der Waals surface area (Å²) in [5.41, 5.74) is 1.07. The van der Waals surface area contributed by atoms with Crippen LogP contribution >= 0.6 is 15.9 Å². The van der Waals surface area contributed by atoms with E-state index in [0.717, 1.165) is 0 Å². The number of carbonyl (C=O) groups excluding carboxylic acids is 2. The second-order valence-corrected chi connectivity index (χ2v) is 4.64. The lowest BCUT2D eigenvalue weighted by atomic mass is 10.2. The predicted molar refractivity (Wildman–Crippen MR) is 78.2 cm³/mol. The van der Waals surface area contributed by atoms with Gasteiger partial charge in [-0.25, -0.2) is 4.79 Å². The average Bonchev–Trinajstić information content (AvgIpc) is 2.39. The molecule has 5 heteroatoms. The average molecular weight is 326 g/mol. The third-order valence-corrected chi connectivity index (χ3v) is 2.99. The van der Waals surface area contributed by atoms with Gasteiger partial charge in [0.2, 0.25) is 5.91 Å². The van der Waals surface area contributed by atoms with Crippen LogP contribution in [0.2, 0.25) is 0 Å². The number of ether oxygens (including phenoxy) is 1. The molecular formula is C14H16BrNO3. The smallest absolute Gasteiger partial charge is 0.338 e. The Kier molecular flexibility index (Phi) is 6.29. The van der Waals surface area contributed by atoms with Gasteiger partial charge in [0.25, 0.3) is 0 Å². The van der Waals surface area contributed by atoms with Gasteiger partial charge in [-0.15, -0.1) is 6.58 Å². The van der Waals surface area contributed by atoms with Crippen LogP contribution in [0.1, 0.15) is 30.1 Å². The zero-order valence-electron chi connectivity index (χ0n) is 10.7. The van der Waals surface area contributed by atoms with Gasteiger partial charge in [0.05, 0.1) is 17.9 Å². The lowest BCUT2D eigenvalue weighted by Crippen LogP contribution is -2.12. The first-order valence-electron chi connectivity index (χ1n) is 5.96. The van der Waals surface area contributed by atoms with E-state index >= 15 is 0 Å². The first kappa shape index (κ1) is 15.4. The zero-order valence-corrected chi connectivity index (χ0v) is 12.3. The maximum atomic E-state index is 11.6. The minimum absolute atomic E-state index is 0.0931. The summed E-state index contributed by atoms with van der Waals surface area (Å²) in [5.74, 6) is -0.475. The van der Waals surface area contributed by atoms with Gasteiger partial charge < -0.3 is 10.1 Å². The molecule has 4 nitrogen and oxygen atoms in total. The van der Waals surface area contributed by atoms with E-state index in [-0.39, 0.29) is 11.9 Å². The Bertz CT molecular complexity index is 486. The number of anilines is 1. The molecular weight excluding hydrogens is 310 g/mol. The SMILES string of the molecule is C=CCCC(=O)Nc1ccc(C(=O)OCC)cc1Br. The van der Waals surface area contributed by atoms with Crippen molar-refractivity contribution < 1.29 is 14.3 Å². The molecule has 1 aromatic carbocycles. The first-order valence-corrected chi connectivity index (χ1v) is 6.75. The van der Waals surface area contributed by atoms with Crippen LogP contribution in [0.3, 0.4) is 0 Å². The van der Waals surface area contributed by atoms with Gasteiger partial charge in [0.1, 0.15) is 0 Å². The van der Waals surface area contributed by atoms with Crippen molar-refractivity contribution in [3.05, 3.63) is 40.9 Å². The molecule has 0 aromatic heterocycles. The highest BCUT2D eigenvalue weighted by atomic mass is 79.9. The van der Waals surface area contributed by atoms with Crippen molar-refractivity contribution in [2.24, 2.45) is 0 Å². The number of halogens is 1. The summed E-state index contributed by atoms with van der Waals surface area (Å²) in [6.45, 7) is 5.65. The number of hydrogen-bond acceptors (Lipinski definition) is 3. The van der Waals surface area contributed by atoms with Gasteiger partial charge in [-0.1, -0.05) is 6.08 Å². The Morgan fingerprint density at radius 3 is 2.79 bits per heavy atom. The number of esters is 1. The maximum Gasteiger partial charge on any atom is 0.338 e. The van der Waals surface area contributed by atoms with Crippen LogP contribution in [-0.4, -0.2) is 18.5 Å². The molecule has 0 aliphatic heterocycles. The molecule has 0 aliphatic rings. The van der Waals surface area contributed by atoms with Gasteiger partial charge >= 0.3 is 5.97 Å². The van der Waals surface area contributed by atoms with E-state index in [2.05, 4.69) is 27.8 Å². The van der Waals surface area contributed by atoms with Gasteiger partial charge in [0, 0.05) is 10.9 Å². The van der Waals surface area contributed by atoms with Crippen molar-refractivity contribution in [2.75, 3.05) is 11.9 Å². The molecule has 0 bridgehead atoms. The maximum absolute atomic E-state index is 11.6. The van der Waals surface area contributed by atoms with E-state index in [9.17, 15) is 9.59 Å². The van der Waals surface area contributed by atoms with Crippen LogP contribution < -0.4 is 5.32 Å². The van der Waals surface area contributed by atoms with E-state index in [1.165, 1.54) is 0 Å². The summed E-state index contributed by atoms with van der Waals surface area (Å²) >= 11 is 3.32. The molecule has 19 heavy (non-hydrogen) atoms. The molecule has 0 heterocycles. The highest BCUT2D eigenvalue weighted by molar-refractivity contribution is 9.10. The Labute approximate surface area is 121 Å². The molecule has 0 saturated carbocycles. The Morgan fingerprint density at radius 1 is 1.47 bits per heavy atom. The van der Waals surface area contributed by atoms with Crippen molar-refractivity contribution in [3.8, 4) is 0 Å². The van der Waals surface area contributed by atoms with E-state index in [0.29, 0.717) is 35.2 Å². The molecule has 1 rings (SSSR count). The molecule has 0 unspecified atom stereocenters. The van der Waals surface area contributed by atoms with E-state index < -0.39 is 0 Å². The van der Waals surface area contributed by atoms with Gasteiger partial charge in [0.15, 0.2) is 0 Å². The molecule has 0 atom stereocenters. The van der Waals surface area contributed by atoms with Gasteiger partial charge in [-0.05, 0) is 47.5 Å². The monoisotopic (exact) mass is 325 g/mol. The summed E-state index contributed by atoms with van der Waals surface area (Å²) in [6.07, 6.45) is 2.71. The van der Waals surface area contributed by atoms with Crippen LogP contribution in [-0.2, 0) is 9.53 Å². The quantitative estimate of drug-likeness (QED) is 0.643. The highest BCUT2D eigenvalue weighted by Gasteiger charge is 2.10. The molecule has 1 N–H and O–H groups in total. The molecule has 102 valence electrons. The van der Waals surface area contributed by atoms with E-state index in [1.54, 1.807) is 31.2 Å². The Balaban J connectivity index is 2.74. The summed E-state index contributed by atoms with van der Waals surface area (Å²) in [7, 11) is 0. The van der Waals surface area contributed by atoms with Crippen molar-refractivity contribution in [1.82, 2.24) is 0 Å². The minimum Gasteiger partial charge on any atom is -0.462 e. The summed E-state index contributed by atoms with van der Waals surface area (Å²) in [4.78, 5) is 23.1. The topological polar surface area (TPSA) is 55.4 Å². The number of carbonyl (C=O) groups is 2. The molecule has 1 amide bonds. The molecule has 0 saturated heterocycles. The number of hydrogen-bond donors (Lipinski definition) is 1. The second kappa shape index (κ2) is 7.74. The van der Waals surface area contributed by atoms with Gasteiger partial charge in [-0.2, -0.15) is 0 Å². The van der Waals surface area contributed by atoms with Crippen LogP contribution in [0, 0.1) is 0 Å². The third kappa shape index (κ3) is 4.87. The molecule has 0 spiro atoms. The largest absolute Gasteiger partial charge is 0.462 e. The Hall–Kier alpha value is -1.62. The van der Waals surface area contributed by atoms with Crippen molar-refractivity contribution in [3.63, 3.8) is 0 Å². The van der Waals surface area contributed by atoms with E-state index in [4.69, 9.17) is 4.74 Å². The third-order valence-electron chi connectivity index (χ3n) is 2.33. The number of benzene rings is 1. The first-order chi connectivity index (χ1) is 9.08. The van der Waals surface area contributed by atoms with Crippen molar-refractivity contribution in [2.45, 2.75) is 19.8 Å². The minimum atomic E-state index is -0.382. The molecule has 0 fully saturated rings. The number of rotatable bonds is 6. The fourth-order valence-electron chi connectivity index (χ4n) is 1.40. The fourth-order valence-corrected chi connectivity index (χ4v) is 1.88.